The minimum atomic E-state index is -4.28. The second-order valence-electron chi connectivity index (χ2n) is 18.0. The molecule has 0 radical (unpaired) electrons. The van der Waals surface area contributed by atoms with E-state index in [2.05, 4.69) is 35.8 Å². The van der Waals surface area contributed by atoms with Gasteiger partial charge in [0.05, 0.1) is 36.4 Å². The lowest BCUT2D eigenvalue weighted by molar-refractivity contribution is -0.250. The molecule has 3 heterocycles. The summed E-state index contributed by atoms with van der Waals surface area (Å²) in [6.07, 6.45) is 12.1. The monoisotopic (exact) mass is 927 g/mol. The van der Waals surface area contributed by atoms with Gasteiger partial charge in [-0.05, 0) is 110 Å². The third-order valence-corrected chi connectivity index (χ3v) is 15.8. The summed E-state index contributed by atoms with van der Waals surface area (Å²) in [4.78, 5) is 10.9. The predicted octanol–water partition coefficient (Wildman–Crippen LogP) is 10.2. The third-order valence-electron chi connectivity index (χ3n) is 14.0. The summed E-state index contributed by atoms with van der Waals surface area (Å²) in [5.41, 5.74) is 4.94. The first-order valence-corrected chi connectivity index (χ1v) is 25.2. The van der Waals surface area contributed by atoms with Gasteiger partial charge in [0, 0.05) is 56.2 Å². The maximum Gasteiger partial charge on any atom is 0.245 e. The molecule has 5 aromatic rings. The number of hydrogen-bond donors (Lipinski definition) is 2. The van der Waals surface area contributed by atoms with E-state index in [1.54, 1.807) is 37.5 Å². The fourth-order valence-corrected chi connectivity index (χ4v) is 12.3. The molecule has 7 unspecified atom stereocenters. The SMILES string of the molecule is C=CCOC12Oc3ccc(Oc4ccc(-c5ccccc5)cc4)cc3C3C(CCCCO)C(CCCCO)C=C(C(=NOC4CCCCO4)CC1N(C)S(=O)(=O)c1cccc4cccnc14)C32. The molecule has 2 aliphatic carbocycles. The quantitative estimate of drug-likeness (QED) is 0.0466. The number of benzene rings is 4. The fraction of sp³-hybridized carbons (Fsp3) is 0.407. The Balaban J connectivity index is 1.21. The summed E-state index contributed by atoms with van der Waals surface area (Å²) in [7, 11) is -2.70. The zero-order valence-electron chi connectivity index (χ0n) is 38.1. The van der Waals surface area contributed by atoms with E-state index in [1.807, 2.05) is 66.7 Å². The van der Waals surface area contributed by atoms with Crippen LogP contribution in [0.25, 0.3) is 22.0 Å². The zero-order valence-corrected chi connectivity index (χ0v) is 38.9. The maximum absolute atomic E-state index is 15.3. The summed E-state index contributed by atoms with van der Waals surface area (Å²) < 4.78 is 59.0. The Morgan fingerprint density at radius 1 is 0.896 bits per heavy atom. The van der Waals surface area contributed by atoms with E-state index in [0.29, 0.717) is 59.7 Å². The highest BCUT2D eigenvalue weighted by molar-refractivity contribution is 7.89. The molecule has 2 N–H and O–H groups in total. The minimum absolute atomic E-state index is 0.0134. The first-order valence-electron chi connectivity index (χ1n) is 23.8. The lowest BCUT2D eigenvalue weighted by atomic mass is 9.55. The van der Waals surface area contributed by atoms with Crippen molar-refractivity contribution in [2.45, 2.75) is 93.1 Å². The predicted molar refractivity (Wildman–Crippen MR) is 258 cm³/mol. The minimum Gasteiger partial charge on any atom is -0.460 e. The average molecular weight is 928 g/mol. The average Bonchev–Trinajstić information content (AvgIpc) is 3.36. The standard InChI is InChI=1S/C54H61N3O9S/c1-3-32-63-54-49(57(2)67(60,61)48-21-13-18-39-19-14-29-55-53(39)48)36-46(56-66-50-22-9-12-33-62-50)44-34-40(17-7-10-30-58)43(20-8-11-31-59)51(52(44)54)45-35-42(27-28-47(45)65-54)64-41-25-23-38(24-26-41)37-15-5-4-6-16-37/h3-6,13-16,18-19,21,23-29,34-35,40,43,49-52,58-59H,1,7-12,17,20,22,30-33,36H2,2H3. The van der Waals surface area contributed by atoms with Crippen molar-refractivity contribution in [3.63, 3.8) is 0 Å². The molecule has 13 heteroatoms. The van der Waals surface area contributed by atoms with E-state index in [1.165, 1.54) is 4.31 Å². The zero-order chi connectivity index (χ0) is 46.4. The molecule has 1 aromatic heterocycles. The molecular weight excluding hydrogens is 867 g/mol. The van der Waals surface area contributed by atoms with Crippen LogP contribution in [0.15, 0.2) is 144 Å². The summed E-state index contributed by atoms with van der Waals surface area (Å²) >= 11 is 0. The van der Waals surface area contributed by atoms with E-state index < -0.39 is 34.1 Å². The van der Waals surface area contributed by atoms with Crippen LogP contribution in [0.4, 0.5) is 0 Å². The van der Waals surface area contributed by atoms with Gasteiger partial charge < -0.3 is 34.0 Å². The summed E-state index contributed by atoms with van der Waals surface area (Å²) in [5.74, 6) is -0.604. The topological polar surface area (TPSA) is 149 Å². The van der Waals surface area contributed by atoms with Gasteiger partial charge in [-0.1, -0.05) is 90.8 Å². The molecule has 7 atom stereocenters. The number of nitrogens with zero attached hydrogens (tertiary/aromatic N) is 3. The second kappa shape index (κ2) is 20.8. The second-order valence-corrected chi connectivity index (χ2v) is 20.0. The molecule has 4 aromatic carbocycles. The Morgan fingerprint density at radius 2 is 1.66 bits per heavy atom. The molecule has 2 aliphatic heterocycles. The van der Waals surface area contributed by atoms with Crippen molar-refractivity contribution in [1.82, 2.24) is 9.29 Å². The number of sulfonamides is 1. The van der Waals surface area contributed by atoms with Crippen molar-refractivity contribution in [2.75, 3.05) is 33.5 Å². The Kier molecular flexibility index (Phi) is 14.5. The summed E-state index contributed by atoms with van der Waals surface area (Å²) in [5, 5.41) is 25.6. The van der Waals surface area contributed by atoms with Gasteiger partial charge in [-0.3, -0.25) is 4.98 Å². The van der Waals surface area contributed by atoms with Crippen LogP contribution in [-0.2, 0) is 24.3 Å². The molecule has 9 rings (SSSR count). The number of ether oxygens (including phenoxy) is 4. The number of allylic oxidation sites excluding steroid dienone is 1. The number of pyridine rings is 1. The van der Waals surface area contributed by atoms with Crippen LogP contribution in [0.2, 0.25) is 0 Å². The molecule has 4 aliphatic rings. The number of unbranched alkanes of at least 4 members (excludes halogenated alkanes) is 2. The molecule has 1 saturated carbocycles. The van der Waals surface area contributed by atoms with E-state index in [-0.39, 0.29) is 48.9 Å². The van der Waals surface area contributed by atoms with Gasteiger partial charge >= 0.3 is 0 Å². The van der Waals surface area contributed by atoms with E-state index in [4.69, 9.17) is 28.9 Å². The van der Waals surface area contributed by atoms with Crippen molar-refractivity contribution < 1.29 is 42.4 Å². The Morgan fingerprint density at radius 3 is 2.42 bits per heavy atom. The van der Waals surface area contributed by atoms with Gasteiger partial charge in [0.25, 0.3) is 0 Å². The van der Waals surface area contributed by atoms with Gasteiger partial charge in [-0.25, -0.2) is 8.42 Å². The number of aliphatic hydroxyl groups excluding tert-OH is 2. The van der Waals surface area contributed by atoms with Crippen LogP contribution in [-0.4, -0.2) is 85.2 Å². The van der Waals surface area contributed by atoms with Crippen LogP contribution in [0, 0.1) is 17.8 Å². The largest absolute Gasteiger partial charge is 0.460 e. The Hall–Kier alpha value is -5.41. The number of fused-ring (bicyclic) bond motifs is 3. The van der Waals surface area contributed by atoms with Crippen LogP contribution in [0.3, 0.4) is 0 Å². The van der Waals surface area contributed by atoms with Gasteiger partial charge in [0.15, 0.2) is 0 Å². The Labute approximate surface area is 393 Å². The molecular formula is C54H61N3O9S. The molecule has 1 saturated heterocycles. The summed E-state index contributed by atoms with van der Waals surface area (Å²) in [6, 6.07) is 31.9. The van der Waals surface area contributed by atoms with Crippen molar-refractivity contribution >= 4 is 26.6 Å². The highest BCUT2D eigenvalue weighted by atomic mass is 32.2. The molecule has 0 amide bonds. The molecule has 2 fully saturated rings. The van der Waals surface area contributed by atoms with E-state index in [0.717, 1.165) is 60.8 Å². The highest BCUT2D eigenvalue weighted by Gasteiger charge is 2.66. The lowest BCUT2D eigenvalue weighted by Gasteiger charge is -2.59. The van der Waals surface area contributed by atoms with Crippen LogP contribution in [0.1, 0.15) is 75.7 Å². The number of oxime groups is 1. The lowest BCUT2D eigenvalue weighted by Crippen LogP contribution is -2.69. The van der Waals surface area contributed by atoms with E-state index >= 15 is 8.42 Å². The number of aliphatic hydroxyl groups is 2. The number of likely N-dealkylation sites (N-methyl/N-ethyl adjacent to an activating group) is 1. The fourth-order valence-electron chi connectivity index (χ4n) is 10.8. The molecule has 0 spiro atoms. The molecule has 0 bridgehead atoms. The third kappa shape index (κ3) is 9.55. The molecule has 67 heavy (non-hydrogen) atoms. The van der Waals surface area contributed by atoms with Crippen molar-refractivity contribution in [3.8, 4) is 28.4 Å². The smallest absolute Gasteiger partial charge is 0.245 e. The maximum atomic E-state index is 15.3. The normalized spacial score (nSPS) is 25.2. The Bertz CT molecular complexity index is 2660. The van der Waals surface area contributed by atoms with Gasteiger partial charge in [-0.2, -0.15) is 4.31 Å². The van der Waals surface area contributed by atoms with Crippen LogP contribution >= 0.6 is 0 Å². The summed E-state index contributed by atoms with van der Waals surface area (Å²) in [6.45, 7) is 4.82. The first kappa shape index (κ1) is 46.7. The van der Waals surface area contributed by atoms with Gasteiger partial charge in [0.1, 0.15) is 22.1 Å². The number of hydrogen-bond acceptors (Lipinski definition) is 11. The van der Waals surface area contributed by atoms with Crippen LogP contribution in [0.5, 0.6) is 17.2 Å². The highest BCUT2D eigenvalue weighted by Crippen LogP contribution is 2.62. The van der Waals surface area contributed by atoms with Crippen molar-refractivity contribution in [2.24, 2.45) is 22.9 Å². The van der Waals surface area contributed by atoms with Crippen LogP contribution < -0.4 is 9.47 Å². The number of para-hydroxylation sites is 1. The van der Waals surface area contributed by atoms with Crippen molar-refractivity contribution in [3.05, 3.63) is 139 Å². The van der Waals surface area contributed by atoms with Crippen molar-refractivity contribution in [1.29, 1.82) is 0 Å². The van der Waals surface area contributed by atoms with Gasteiger partial charge in [-0.15, -0.1) is 6.58 Å². The number of aromatic nitrogens is 1. The van der Waals surface area contributed by atoms with Gasteiger partial charge in [0.2, 0.25) is 22.1 Å². The van der Waals surface area contributed by atoms with E-state index in [9.17, 15) is 10.2 Å². The number of rotatable bonds is 19. The molecule has 12 nitrogen and oxygen atoms in total. The first-order chi connectivity index (χ1) is 32.7. The molecule has 352 valence electrons.